The lowest BCUT2D eigenvalue weighted by molar-refractivity contribution is -0.154. The highest BCUT2D eigenvalue weighted by Gasteiger charge is 2.36. The molecule has 1 aromatic carbocycles. The first-order valence-electron chi connectivity index (χ1n) is 7.16. The third kappa shape index (κ3) is 2.66. The third-order valence-corrected chi connectivity index (χ3v) is 4.08. The Bertz CT molecular complexity index is 636. The molecule has 0 bridgehead atoms. The summed E-state index contributed by atoms with van der Waals surface area (Å²) in [5.74, 6) is -0.380. The first-order valence-corrected chi connectivity index (χ1v) is 7.16. The van der Waals surface area contributed by atoms with Crippen molar-refractivity contribution in [2.75, 3.05) is 13.7 Å². The number of hydrogen-bond acceptors (Lipinski definition) is 5. The van der Waals surface area contributed by atoms with Crippen molar-refractivity contribution in [1.82, 2.24) is 4.90 Å². The molecular weight excluding hydrogens is 270 g/mol. The number of piperidine rings is 1. The van der Waals surface area contributed by atoms with Crippen LogP contribution in [-0.4, -0.2) is 41.8 Å². The SMILES string of the molecule is COC(=O)[C@H]1[C@@H](O)CCCN1Cc1coc2ccccc12. The Labute approximate surface area is 123 Å². The normalized spacial score (nSPS) is 23.3. The number of carbonyl (C=O) groups is 1. The molecule has 1 aliphatic rings. The van der Waals surface area contributed by atoms with Gasteiger partial charge in [-0.05, 0) is 25.5 Å². The van der Waals surface area contributed by atoms with Gasteiger partial charge in [-0.1, -0.05) is 18.2 Å². The number of ether oxygens (including phenoxy) is 1. The number of furan rings is 1. The van der Waals surface area contributed by atoms with Gasteiger partial charge in [-0.25, -0.2) is 0 Å². The maximum absolute atomic E-state index is 11.9. The first kappa shape index (κ1) is 14.1. The molecule has 2 heterocycles. The zero-order chi connectivity index (χ0) is 14.8. The third-order valence-electron chi connectivity index (χ3n) is 4.08. The monoisotopic (exact) mass is 289 g/mol. The predicted octanol–water partition coefficient (Wildman–Crippen LogP) is 1.93. The summed E-state index contributed by atoms with van der Waals surface area (Å²) in [6, 6.07) is 7.21. The highest BCUT2D eigenvalue weighted by Crippen LogP contribution is 2.26. The van der Waals surface area contributed by atoms with E-state index in [1.54, 1.807) is 6.26 Å². The van der Waals surface area contributed by atoms with Crippen molar-refractivity contribution < 1.29 is 19.1 Å². The molecule has 112 valence electrons. The number of rotatable bonds is 3. The summed E-state index contributed by atoms with van der Waals surface area (Å²) in [4.78, 5) is 13.9. The highest BCUT2D eigenvalue weighted by molar-refractivity contribution is 5.81. The Morgan fingerprint density at radius 3 is 3.10 bits per heavy atom. The number of likely N-dealkylation sites (tertiary alicyclic amines) is 1. The second-order valence-electron chi connectivity index (χ2n) is 5.41. The molecule has 1 aliphatic heterocycles. The summed E-state index contributed by atoms with van der Waals surface area (Å²) >= 11 is 0. The summed E-state index contributed by atoms with van der Waals surface area (Å²) in [6.07, 6.45) is 2.54. The van der Waals surface area contributed by atoms with Gasteiger partial charge in [0.2, 0.25) is 0 Å². The number of fused-ring (bicyclic) bond motifs is 1. The molecule has 0 amide bonds. The van der Waals surface area contributed by atoms with Gasteiger partial charge in [0.05, 0.1) is 19.5 Å². The van der Waals surface area contributed by atoms with Crippen LogP contribution in [0.2, 0.25) is 0 Å². The van der Waals surface area contributed by atoms with Crippen LogP contribution >= 0.6 is 0 Å². The van der Waals surface area contributed by atoms with Crippen molar-refractivity contribution in [2.24, 2.45) is 0 Å². The standard InChI is InChI=1S/C16H19NO4/c1-20-16(19)15-13(18)6-4-8-17(15)9-11-10-21-14-7-3-2-5-12(11)14/h2-3,5,7,10,13,15,18H,4,6,8-9H2,1H3/t13-,15+/m0/s1. The van der Waals surface area contributed by atoms with Crippen molar-refractivity contribution >= 4 is 16.9 Å². The number of carbonyl (C=O) groups excluding carboxylic acids is 1. The molecule has 0 aliphatic carbocycles. The van der Waals surface area contributed by atoms with Gasteiger partial charge in [0.25, 0.3) is 0 Å². The lowest BCUT2D eigenvalue weighted by Crippen LogP contribution is -2.52. The van der Waals surface area contributed by atoms with Crippen LogP contribution in [0, 0.1) is 0 Å². The lowest BCUT2D eigenvalue weighted by atomic mass is 9.98. The van der Waals surface area contributed by atoms with Crippen LogP contribution in [0.15, 0.2) is 34.9 Å². The molecule has 5 nitrogen and oxygen atoms in total. The van der Waals surface area contributed by atoms with E-state index in [0.717, 1.165) is 29.5 Å². The van der Waals surface area contributed by atoms with Crippen LogP contribution in [0.1, 0.15) is 18.4 Å². The Kier molecular flexibility index (Phi) is 3.94. The van der Waals surface area contributed by atoms with Crippen LogP contribution in [0.3, 0.4) is 0 Å². The second-order valence-corrected chi connectivity index (χ2v) is 5.41. The van der Waals surface area contributed by atoms with Gasteiger partial charge < -0.3 is 14.3 Å². The average Bonchev–Trinajstić information content (AvgIpc) is 2.90. The van der Waals surface area contributed by atoms with Crippen molar-refractivity contribution in [1.29, 1.82) is 0 Å². The number of esters is 1. The zero-order valence-corrected chi connectivity index (χ0v) is 12.0. The van der Waals surface area contributed by atoms with Gasteiger partial charge in [0, 0.05) is 17.5 Å². The lowest BCUT2D eigenvalue weighted by Gasteiger charge is -2.36. The molecule has 0 radical (unpaired) electrons. The number of hydrogen-bond donors (Lipinski definition) is 1. The van der Waals surface area contributed by atoms with E-state index in [-0.39, 0.29) is 5.97 Å². The van der Waals surface area contributed by atoms with Crippen LogP contribution < -0.4 is 0 Å². The van der Waals surface area contributed by atoms with Crippen LogP contribution in [0.25, 0.3) is 11.0 Å². The first-order chi connectivity index (χ1) is 10.2. The van der Waals surface area contributed by atoms with E-state index in [4.69, 9.17) is 9.15 Å². The molecule has 3 rings (SSSR count). The van der Waals surface area contributed by atoms with Gasteiger partial charge in [0.15, 0.2) is 0 Å². The van der Waals surface area contributed by atoms with Gasteiger partial charge in [-0.15, -0.1) is 0 Å². The van der Waals surface area contributed by atoms with Gasteiger partial charge in [-0.2, -0.15) is 0 Å². The fraction of sp³-hybridized carbons (Fsp3) is 0.438. The van der Waals surface area contributed by atoms with E-state index in [1.807, 2.05) is 29.2 Å². The highest BCUT2D eigenvalue weighted by atomic mass is 16.5. The van der Waals surface area contributed by atoms with E-state index in [2.05, 4.69) is 0 Å². The van der Waals surface area contributed by atoms with E-state index >= 15 is 0 Å². The maximum atomic E-state index is 11.9. The van der Waals surface area contributed by atoms with Crippen LogP contribution in [0.4, 0.5) is 0 Å². The average molecular weight is 289 g/mol. The number of aliphatic hydroxyl groups excluding tert-OH is 1. The summed E-state index contributed by atoms with van der Waals surface area (Å²) in [6.45, 7) is 1.32. The predicted molar refractivity (Wildman–Crippen MR) is 77.7 cm³/mol. The maximum Gasteiger partial charge on any atom is 0.325 e. The molecule has 1 N–H and O–H groups in total. The number of nitrogens with zero attached hydrogens (tertiary/aromatic N) is 1. The topological polar surface area (TPSA) is 62.9 Å². The van der Waals surface area contributed by atoms with E-state index in [9.17, 15) is 9.90 Å². The number of aliphatic hydroxyl groups is 1. The number of methoxy groups -OCH3 is 1. The van der Waals surface area contributed by atoms with Crippen molar-refractivity contribution in [3.05, 3.63) is 36.1 Å². The minimum Gasteiger partial charge on any atom is -0.468 e. The Morgan fingerprint density at radius 1 is 1.48 bits per heavy atom. The smallest absolute Gasteiger partial charge is 0.325 e. The molecule has 1 fully saturated rings. The zero-order valence-electron chi connectivity index (χ0n) is 12.0. The molecule has 0 unspecified atom stereocenters. The van der Waals surface area contributed by atoms with Crippen molar-refractivity contribution in [3.8, 4) is 0 Å². The van der Waals surface area contributed by atoms with Gasteiger partial charge >= 0.3 is 5.97 Å². The molecule has 0 saturated carbocycles. The molecule has 5 heteroatoms. The number of para-hydroxylation sites is 1. The molecule has 1 aromatic heterocycles. The minimum absolute atomic E-state index is 0.380. The van der Waals surface area contributed by atoms with Gasteiger partial charge in [0.1, 0.15) is 11.6 Å². The van der Waals surface area contributed by atoms with Gasteiger partial charge in [-0.3, -0.25) is 9.69 Å². The van der Waals surface area contributed by atoms with E-state index in [0.29, 0.717) is 13.0 Å². The molecule has 2 atom stereocenters. The Morgan fingerprint density at radius 2 is 2.29 bits per heavy atom. The molecule has 0 spiro atoms. The molecule has 2 aromatic rings. The fourth-order valence-electron chi connectivity index (χ4n) is 3.02. The van der Waals surface area contributed by atoms with Crippen LogP contribution in [-0.2, 0) is 16.1 Å². The van der Waals surface area contributed by atoms with Crippen molar-refractivity contribution in [2.45, 2.75) is 31.5 Å². The van der Waals surface area contributed by atoms with Crippen LogP contribution in [0.5, 0.6) is 0 Å². The minimum atomic E-state index is -0.677. The number of benzene rings is 1. The van der Waals surface area contributed by atoms with E-state index < -0.39 is 12.1 Å². The Hall–Kier alpha value is -1.85. The second kappa shape index (κ2) is 5.87. The summed E-state index contributed by atoms with van der Waals surface area (Å²) in [7, 11) is 1.36. The van der Waals surface area contributed by atoms with Crippen molar-refractivity contribution in [3.63, 3.8) is 0 Å². The summed E-state index contributed by atoms with van der Waals surface area (Å²) < 4.78 is 10.4. The summed E-state index contributed by atoms with van der Waals surface area (Å²) in [5.41, 5.74) is 1.85. The Balaban J connectivity index is 1.86. The van der Waals surface area contributed by atoms with E-state index in [1.165, 1.54) is 7.11 Å². The fourth-order valence-corrected chi connectivity index (χ4v) is 3.02. The molecule has 21 heavy (non-hydrogen) atoms. The summed E-state index contributed by atoms with van der Waals surface area (Å²) in [5, 5.41) is 11.2. The molecular formula is C16H19NO4. The molecule has 1 saturated heterocycles. The quantitative estimate of drug-likeness (QED) is 0.875. The largest absolute Gasteiger partial charge is 0.468 e.